The smallest absolute Gasteiger partial charge is 0.258 e. The number of rotatable bonds is 6. The average Bonchev–Trinajstić information content (AvgIpc) is 2.85. The highest BCUT2D eigenvalue weighted by Gasteiger charge is 2.44. The van der Waals surface area contributed by atoms with Crippen molar-refractivity contribution in [3.05, 3.63) is 94.3 Å². The standard InChI is InChI=1S/C29H32N2OS/c1-3-18-33-28-30-26-24-17-11-10-14-22(24)19-29(2,23-15-8-5-9-16-23)25(26)27(32)31(28)20-21-12-6-4-7-13-21/h3-4,6-7,10-14,17,23H,1,5,8-9,15-16,18-20H2,2H3/t29-/m1/s1. The second-order valence-corrected chi connectivity index (χ2v) is 10.7. The minimum atomic E-state index is -0.186. The van der Waals surface area contributed by atoms with Crippen LogP contribution in [0.15, 0.2) is 77.2 Å². The number of fused-ring (bicyclic) bond motifs is 3. The van der Waals surface area contributed by atoms with Gasteiger partial charge in [-0.2, -0.15) is 0 Å². The highest BCUT2D eigenvalue weighted by molar-refractivity contribution is 7.99. The zero-order chi connectivity index (χ0) is 22.8. The summed E-state index contributed by atoms with van der Waals surface area (Å²) in [5.41, 5.74) is 5.37. The number of nitrogens with zero attached hydrogens (tertiary/aromatic N) is 2. The summed E-state index contributed by atoms with van der Waals surface area (Å²) in [6, 6.07) is 18.8. The van der Waals surface area contributed by atoms with Gasteiger partial charge in [0.1, 0.15) is 0 Å². The lowest BCUT2D eigenvalue weighted by Gasteiger charge is -2.44. The van der Waals surface area contributed by atoms with Gasteiger partial charge >= 0.3 is 0 Å². The van der Waals surface area contributed by atoms with Gasteiger partial charge in [0.2, 0.25) is 0 Å². The maximum atomic E-state index is 14.4. The molecule has 0 N–H and O–H groups in total. The van der Waals surface area contributed by atoms with Gasteiger partial charge in [-0.1, -0.05) is 98.6 Å². The molecule has 0 bridgehead atoms. The summed E-state index contributed by atoms with van der Waals surface area (Å²) in [7, 11) is 0. The van der Waals surface area contributed by atoms with Crippen molar-refractivity contribution in [1.82, 2.24) is 9.55 Å². The van der Waals surface area contributed by atoms with E-state index in [0.717, 1.165) is 39.7 Å². The third-order valence-corrected chi connectivity index (χ3v) is 8.53. The lowest BCUT2D eigenvalue weighted by atomic mass is 9.60. The molecule has 33 heavy (non-hydrogen) atoms. The maximum Gasteiger partial charge on any atom is 0.258 e. The fourth-order valence-corrected chi connectivity index (χ4v) is 6.60. The molecule has 1 heterocycles. The molecule has 0 spiro atoms. The van der Waals surface area contributed by atoms with Gasteiger partial charge in [-0.05, 0) is 36.3 Å². The van der Waals surface area contributed by atoms with Crippen molar-refractivity contribution in [3.63, 3.8) is 0 Å². The Morgan fingerprint density at radius 3 is 2.58 bits per heavy atom. The minimum Gasteiger partial charge on any atom is -0.283 e. The van der Waals surface area contributed by atoms with Gasteiger partial charge in [-0.3, -0.25) is 9.36 Å². The zero-order valence-corrected chi connectivity index (χ0v) is 20.2. The van der Waals surface area contributed by atoms with Crippen LogP contribution in [0, 0.1) is 5.92 Å². The first kappa shape index (κ1) is 22.2. The summed E-state index contributed by atoms with van der Waals surface area (Å²) in [6.07, 6.45) is 9.02. The summed E-state index contributed by atoms with van der Waals surface area (Å²) < 4.78 is 1.91. The molecular weight excluding hydrogens is 424 g/mol. The zero-order valence-electron chi connectivity index (χ0n) is 19.4. The molecule has 1 saturated carbocycles. The van der Waals surface area contributed by atoms with E-state index in [1.54, 1.807) is 11.8 Å². The van der Waals surface area contributed by atoms with E-state index in [4.69, 9.17) is 4.98 Å². The molecule has 5 rings (SSSR count). The molecule has 2 aliphatic rings. The molecular formula is C29H32N2OS. The summed E-state index contributed by atoms with van der Waals surface area (Å²) in [4.78, 5) is 19.6. The Balaban J connectivity index is 1.74. The molecule has 0 saturated heterocycles. The van der Waals surface area contributed by atoms with E-state index in [1.807, 2.05) is 28.8 Å². The van der Waals surface area contributed by atoms with Crippen LogP contribution in [0.5, 0.6) is 0 Å². The molecule has 0 amide bonds. The number of thioether (sulfide) groups is 1. The second kappa shape index (κ2) is 9.34. The number of benzene rings is 2. The number of aromatic nitrogens is 2. The average molecular weight is 457 g/mol. The summed E-state index contributed by atoms with van der Waals surface area (Å²) in [5.74, 6) is 1.24. The first-order valence-electron chi connectivity index (χ1n) is 12.1. The molecule has 0 aliphatic heterocycles. The van der Waals surface area contributed by atoms with E-state index in [0.29, 0.717) is 12.5 Å². The molecule has 3 nitrogen and oxygen atoms in total. The van der Waals surface area contributed by atoms with E-state index in [1.165, 1.54) is 37.7 Å². The van der Waals surface area contributed by atoms with Gasteiger partial charge < -0.3 is 0 Å². The van der Waals surface area contributed by atoms with Crippen LogP contribution in [0.4, 0.5) is 0 Å². The number of hydrogen-bond acceptors (Lipinski definition) is 3. The van der Waals surface area contributed by atoms with Crippen molar-refractivity contribution in [3.8, 4) is 11.3 Å². The van der Waals surface area contributed by atoms with Gasteiger partial charge in [0.15, 0.2) is 5.16 Å². The molecule has 1 fully saturated rings. The van der Waals surface area contributed by atoms with Crippen molar-refractivity contribution in [2.75, 3.05) is 5.75 Å². The van der Waals surface area contributed by atoms with Crippen LogP contribution >= 0.6 is 11.8 Å². The SMILES string of the molecule is C=CCSc1nc2c(c(=O)n1Cc1ccccc1)[C@@](C)(C1CCCCC1)Cc1ccccc1-2. The second-order valence-electron chi connectivity index (χ2n) is 9.68. The lowest BCUT2D eigenvalue weighted by Crippen LogP contribution is -2.45. The van der Waals surface area contributed by atoms with E-state index in [9.17, 15) is 4.79 Å². The Hall–Kier alpha value is -2.59. The van der Waals surface area contributed by atoms with Gasteiger partial charge in [-0.25, -0.2) is 4.98 Å². The molecule has 1 atom stereocenters. The van der Waals surface area contributed by atoms with Gasteiger partial charge in [0.05, 0.1) is 17.8 Å². The largest absolute Gasteiger partial charge is 0.283 e. The number of hydrogen-bond donors (Lipinski definition) is 0. The van der Waals surface area contributed by atoms with Crippen LogP contribution in [-0.4, -0.2) is 15.3 Å². The minimum absolute atomic E-state index is 0.137. The highest BCUT2D eigenvalue weighted by atomic mass is 32.2. The van der Waals surface area contributed by atoms with Crippen molar-refractivity contribution < 1.29 is 0 Å². The van der Waals surface area contributed by atoms with E-state index in [2.05, 4.69) is 49.9 Å². The predicted molar refractivity (Wildman–Crippen MR) is 138 cm³/mol. The third kappa shape index (κ3) is 4.10. The fraction of sp³-hybridized carbons (Fsp3) is 0.379. The summed E-state index contributed by atoms with van der Waals surface area (Å²) in [5, 5.41) is 0.783. The Bertz CT molecular complexity index is 1210. The Labute approximate surface area is 201 Å². The van der Waals surface area contributed by atoms with Crippen LogP contribution in [0.1, 0.15) is 55.7 Å². The molecule has 2 aromatic carbocycles. The van der Waals surface area contributed by atoms with Crippen molar-refractivity contribution in [1.29, 1.82) is 0 Å². The molecule has 4 heteroatoms. The third-order valence-electron chi connectivity index (χ3n) is 7.56. The van der Waals surface area contributed by atoms with E-state index in [-0.39, 0.29) is 11.0 Å². The maximum absolute atomic E-state index is 14.4. The molecule has 2 aliphatic carbocycles. The van der Waals surface area contributed by atoms with Gasteiger partial charge in [0.25, 0.3) is 5.56 Å². The fourth-order valence-electron chi connectivity index (χ4n) is 5.87. The lowest BCUT2D eigenvalue weighted by molar-refractivity contribution is 0.212. The van der Waals surface area contributed by atoms with Crippen molar-refractivity contribution >= 4 is 11.8 Å². The summed E-state index contributed by atoms with van der Waals surface area (Å²) in [6.45, 7) is 6.76. The first-order chi connectivity index (χ1) is 16.1. The van der Waals surface area contributed by atoms with Crippen LogP contribution in [0.3, 0.4) is 0 Å². The monoisotopic (exact) mass is 456 g/mol. The van der Waals surface area contributed by atoms with Crippen LogP contribution in [0.25, 0.3) is 11.3 Å². The molecule has 0 radical (unpaired) electrons. The normalized spacial score (nSPS) is 20.2. The van der Waals surface area contributed by atoms with Crippen LogP contribution in [0.2, 0.25) is 0 Å². The van der Waals surface area contributed by atoms with Crippen molar-refractivity contribution in [2.24, 2.45) is 5.92 Å². The first-order valence-corrected chi connectivity index (χ1v) is 13.1. The molecule has 3 aromatic rings. The molecule has 170 valence electrons. The van der Waals surface area contributed by atoms with E-state index < -0.39 is 0 Å². The Kier molecular flexibility index (Phi) is 6.29. The quantitative estimate of drug-likeness (QED) is 0.237. The van der Waals surface area contributed by atoms with Gasteiger partial charge in [0, 0.05) is 16.7 Å². The highest BCUT2D eigenvalue weighted by Crippen LogP contribution is 2.49. The van der Waals surface area contributed by atoms with Gasteiger partial charge in [-0.15, -0.1) is 6.58 Å². The molecule has 0 unspecified atom stereocenters. The van der Waals surface area contributed by atoms with E-state index >= 15 is 0 Å². The topological polar surface area (TPSA) is 34.9 Å². The van der Waals surface area contributed by atoms with Crippen molar-refractivity contribution in [2.45, 2.75) is 62.6 Å². The molecule has 1 aromatic heterocycles. The predicted octanol–water partition coefficient (Wildman–Crippen LogP) is 6.63. The van der Waals surface area contributed by atoms with Crippen LogP contribution in [-0.2, 0) is 18.4 Å². The van der Waals surface area contributed by atoms with Crippen LogP contribution < -0.4 is 5.56 Å². The summed E-state index contributed by atoms with van der Waals surface area (Å²) >= 11 is 1.60. The Morgan fingerprint density at radius 1 is 1.09 bits per heavy atom. The Morgan fingerprint density at radius 2 is 1.82 bits per heavy atom.